The maximum atomic E-state index is 11.6. The minimum absolute atomic E-state index is 0.0485. The SMILES string of the molecule is CCCC(O)[C@]1(O)[C@H](O)[C@@H](N)[C@@H](OC2[C@@H](CO)O[C@@H](OC3[C@@H](CO)O[C@@H](O)[C@H](N)[C@H]3O)[C@H](N)[C@H]2O)O[C@]1(CO)C(O)CC. The summed E-state index contributed by atoms with van der Waals surface area (Å²) in [5, 5.41) is 106. The molecule has 43 heavy (non-hydrogen) atoms. The molecule has 3 aliphatic rings. The first kappa shape index (κ1) is 36.7. The van der Waals surface area contributed by atoms with Gasteiger partial charge in [0, 0.05) is 0 Å². The van der Waals surface area contributed by atoms with E-state index in [9.17, 15) is 51.1 Å². The van der Waals surface area contributed by atoms with Crippen molar-refractivity contribution in [3.63, 3.8) is 0 Å². The number of ether oxygens (including phenoxy) is 5. The molecule has 0 aromatic heterocycles. The van der Waals surface area contributed by atoms with Gasteiger partial charge in [0.2, 0.25) is 0 Å². The zero-order chi connectivity index (χ0) is 32.4. The fraction of sp³-hybridized carbons (Fsp3) is 1.00. The van der Waals surface area contributed by atoms with Gasteiger partial charge in [-0.15, -0.1) is 0 Å². The van der Waals surface area contributed by atoms with Crippen LogP contribution in [0.4, 0.5) is 0 Å². The normalized spacial score (nSPS) is 49.0. The number of nitrogens with two attached hydrogens (primary N) is 3. The van der Waals surface area contributed by atoms with E-state index in [0.29, 0.717) is 6.42 Å². The van der Waals surface area contributed by atoms with Gasteiger partial charge in [0.1, 0.15) is 42.7 Å². The van der Waals surface area contributed by atoms with Crippen LogP contribution in [0, 0.1) is 0 Å². The monoisotopic (exact) mass is 631 g/mol. The van der Waals surface area contributed by atoms with Crippen molar-refractivity contribution in [1.29, 1.82) is 0 Å². The molecule has 3 aliphatic heterocycles. The Kier molecular flexibility index (Phi) is 12.6. The van der Waals surface area contributed by atoms with Gasteiger partial charge in [-0.05, 0) is 12.8 Å². The minimum atomic E-state index is -2.65. The van der Waals surface area contributed by atoms with Gasteiger partial charge in [-0.2, -0.15) is 0 Å². The minimum Gasteiger partial charge on any atom is -0.394 e. The predicted molar refractivity (Wildman–Crippen MR) is 142 cm³/mol. The van der Waals surface area contributed by atoms with Crippen molar-refractivity contribution in [2.75, 3.05) is 19.8 Å². The highest BCUT2D eigenvalue weighted by atomic mass is 16.7. The summed E-state index contributed by atoms with van der Waals surface area (Å²) in [6.07, 6.45) is -18.9. The average Bonchev–Trinajstić information content (AvgIpc) is 3.00. The molecule has 18 nitrogen and oxygen atoms in total. The molecule has 0 spiro atoms. The molecule has 254 valence electrons. The van der Waals surface area contributed by atoms with Gasteiger partial charge in [0.25, 0.3) is 0 Å². The van der Waals surface area contributed by atoms with Crippen LogP contribution in [0.2, 0.25) is 0 Å². The van der Waals surface area contributed by atoms with Crippen LogP contribution in [0.5, 0.6) is 0 Å². The van der Waals surface area contributed by atoms with Crippen molar-refractivity contribution in [2.45, 2.75) is 136 Å². The van der Waals surface area contributed by atoms with E-state index in [1.165, 1.54) is 6.92 Å². The molecule has 0 aromatic carbocycles. The van der Waals surface area contributed by atoms with Crippen molar-refractivity contribution < 1.29 is 74.7 Å². The molecule has 18 heteroatoms. The summed E-state index contributed by atoms with van der Waals surface area (Å²) in [7, 11) is 0. The number of hydrogen-bond acceptors (Lipinski definition) is 18. The molecule has 0 bridgehead atoms. The van der Waals surface area contributed by atoms with Gasteiger partial charge < -0.3 is 92.0 Å². The molecular formula is C25H49N3O15. The van der Waals surface area contributed by atoms with Crippen LogP contribution in [0.25, 0.3) is 0 Å². The van der Waals surface area contributed by atoms with Crippen LogP contribution < -0.4 is 17.2 Å². The number of aliphatic hydroxyl groups is 10. The van der Waals surface area contributed by atoms with Crippen molar-refractivity contribution >= 4 is 0 Å². The van der Waals surface area contributed by atoms with Gasteiger partial charge in [0.15, 0.2) is 30.1 Å². The molecule has 4 unspecified atom stereocenters. The van der Waals surface area contributed by atoms with E-state index in [0.717, 1.165) is 0 Å². The summed E-state index contributed by atoms with van der Waals surface area (Å²) in [5.74, 6) is 0. The Morgan fingerprint density at radius 3 is 1.81 bits per heavy atom. The molecule has 17 atom stereocenters. The molecule has 3 saturated heterocycles. The van der Waals surface area contributed by atoms with Crippen molar-refractivity contribution in [3.05, 3.63) is 0 Å². The molecular weight excluding hydrogens is 582 g/mol. The zero-order valence-electron chi connectivity index (χ0n) is 24.1. The summed E-state index contributed by atoms with van der Waals surface area (Å²) >= 11 is 0. The first-order valence-corrected chi connectivity index (χ1v) is 14.4. The maximum absolute atomic E-state index is 11.6. The van der Waals surface area contributed by atoms with Crippen LogP contribution >= 0.6 is 0 Å². The summed E-state index contributed by atoms with van der Waals surface area (Å²) in [6, 6.07) is -4.39. The average molecular weight is 632 g/mol. The Hall–Kier alpha value is -0.720. The lowest BCUT2D eigenvalue weighted by molar-refractivity contribution is -0.399. The van der Waals surface area contributed by atoms with Gasteiger partial charge in [-0.3, -0.25) is 0 Å². The second-order valence-electron chi connectivity index (χ2n) is 11.4. The quantitative estimate of drug-likeness (QED) is 0.0951. The highest BCUT2D eigenvalue weighted by Gasteiger charge is 2.69. The third-order valence-electron chi connectivity index (χ3n) is 8.77. The largest absolute Gasteiger partial charge is 0.394 e. The van der Waals surface area contributed by atoms with E-state index in [1.807, 2.05) is 0 Å². The van der Waals surface area contributed by atoms with Crippen molar-refractivity contribution in [3.8, 4) is 0 Å². The smallest absolute Gasteiger partial charge is 0.176 e. The second kappa shape index (κ2) is 14.8. The Balaban J connectivity index is 1.87. The third kappa shape index (κ3) is 6.46. The van der Waals surface area contributed by atoms with E-state index < -0.39 is 123 Å². The van der Waals surface area contributed by atoms with Crippen LogP contribution in [-0.2, 0) is 23.7 Å². The molecule has 0 aliphatic carbocycles. The molecule has 3 fully saturated rings. The van der Waals surface area contributed by atoms with E-state index in [2.05, 4.69) is 0 Å². The second-order valence-corrected chi connectivity index (χ2v) is 11.4. The topological polar surface area (TPSA) is 327 Å². The van der Waals surface area contributed by atoms with Gasteiger partial charge in [-0.1, -0.05) is 20.3 Å². The Labute approximate surface area is 248 Å². The van der Waals surface area contributed by atoms with Crippen LogP contribution in [0.1, 0.15) is 33.1 Å². The molecule has 0 aromatic rings. The van der Waals surface area contributed by atoms with Crippen LogP contribution in [0.15, 0.2) is 0 Å². The van der Waals surface area contributed by atoms with Gasteiger partial charge in [-0.25, -0.2) is 0 Å². The first-order valence-electron chi connectivity index (χ1n) is 14.4. The number of aliphatic hydroxyl groups excluding tert-OH is 9. The standard InChI is InChI=1S/C25H49N3O15/c1-3-5-12(33)25(38)20(36)15(28)23(43-24(25,8-31)11(32)4-2)42-19-10(7-30)40-22(14(27)17(19)35)41-18-9(6-29)39-21(37)13(26)16(18)34/h9-23,29-38H,3-8,26-28H2,1-2H3/t9-,10-,11?,12?,13-,14-,15-,16-,17-,18?,19?,20-,21-,22+,23+,24-,25+/m1/s1. The lowest BCUT2D eigenvalue weighted by atomic mass is 9.66. The molecule has 0 saturated carbocycles. The molecule has 3 rings (SSSR count). The molecule has 0 amide bonds. The highest BCUT2D eigenvalue weighted by molar-refractivity contribution is 5.18. The first-order chi connectivity index (χ1) is 20.2. The lowest BCUT2D eigenvalue weighted by Gasteiger charge is -2.59. The third-order valence-corrected chi connectivity index (χ3v) is 8.77. The van der Waals surface area contributed by atoms with E-state index >= 15 is 0 Å². The van der Waals surface area contributed by atoms with E-state index in [4.69, 9.17) is 40.9 Å². The predicted octanol–water partition coefficient (Wildman–Crippen LogP) is -7.00. The van der Waals surface area contributed by atoms with E-state index in [-0.39, 0.29) is 12.8 Å². The van der Waals surface area contributed by atoms with Crippen molar-refractivity contribution in [1.82, 2.24) is 0 Å². The summed E-state index contributed by atoms with van der Waals surface area (Å²) in [5.41, 5.74) is 13.0. The molecule has 16 N–H and O–H groups in total. The molecule has 0 radical (unpaired) electrons. The van der Waals surface area contributed by atoms with Crippen LogP contribution in [0.3, 0.4) is 0 Å². The molecule has 3 heterocycles. The number of hydrogen-bond donors (Lipinski definition) is 13. The Morgan fingerprint density at radius 2 is 1.30 bits per heavy atom. The summed E-state index contributed by atoms with van der Waals surface area (Å²) in [4.78, 5) is 0. The number of rotatable bonds is 12. The summed E-state index contributed by atoms with van der Waals surface area (Å²) in [6.45, 7) is 0.638. The maximum Gasteiger partial charge on any atom is 0.176 e. The highest BCUT2D eigenvalue weighted by Crippen LogP contribution is 2.45. The summed E-state index contributed by atoms with van der Waals surface area (Å²) < 4.78 is 28.3. The lowest BCUT2D eigenvalue weighted by Crippen LogP contribution is -2.82. The van der Waals surface area contributed by atoms with E-state index in [1.54, 1.807) is 6.92 Å². The van der Waals surface area contributed by atoms with Gasteiger partial charge in [0.05, 0.1) is 50.2 Å². The zero-order valence-corrected chi connectivity index (χ0v) is 24.1. The Bertz CT molecular complexity index is 878. The Morgan fingerprint density at radius 1 is 0.767 bits per heavy atom. The van der Waals surface area contributed by atoms with Gasteiger partial charge >= 0.3 is 0 Å². The van der Waals surface area contributed by atoms with Crippen molar-refractivity contribution in [2.24, 2.45) is 17.2 Å². The van der Waals surface area contributed by atoms with Crippen LogP contribution in [-0.4, -0.2) is 174 Å². The fourth-order valence-electron chi connectivity index (χ4n) is 6.07. The fourth-order valence-corrected chi connectivity index (χ4v) is 6.07.